The van der Waals surface area contributed by atoms with Gasteiger partial charge >= 0.3 is 17.1 Å². The van der Waals surface area contributed by atoms with Crippen LogP contribution in [0.2, 0.25) is 0 Å². The summed E-state index contributed by atoms with van der Waals surface area (Å²) in [6.45, 7) is 5.19. The number of carbonyl (C=O) groups excluding carboxylic acids is 3. The molecule has 0 aliphatic heterocycles. The van der Waals surface area contributed by atoms with E-state index in [9.17, 15) is 0 Å². The normalized spacial score (nSPS) is 5.65. The van der Waals surface area contributed by atoms with Crippen LogP contribution in [0, 0.1) is 0 Å². The van der Waals surface area contributed by atoms with Crippen LogP contribution in [0.1, 0.15) is 27.7 Å². The fourth-order valence-electron chi connectivity index (χ4n) is 0. The molecule has 0 fully saturated rings. The van der Waals surface area contributed by atoms with Gasteiger partial charge in [-0.25, -0.2) is 0 Å². The minimum atomic E-state index is -1.08. The summed E-state index contributed by atoms with van der Waals surface area (Å²) in [5.74, 6) is -4.08. The van der Waals surface area contributed by atoms with E-state index in [4.69, 9.17) is 51.1 Å². The van der Waals surface area contributed by atoms with Gasteiger partial charge in [-0.15, -0.1) is 0 Å². The minimum absolute atomic E-state index is 0. The van der Waals surface area contributed by atoms with Gasteiger partial charge in [0.05, 0.1) is 0 Å². The van der Waals surface area contributed by atoms with Crippen molar-refractivity contribution in [2.75, 3.05) is 13.1 Å². The molecule has 0 amide bonds. The quantitative estimate of drug-likeness (QED) is 0.356. The minimum Gasteiger partial charge on any atom is -0.550 e. The summed E-state index contributed by atoms with van der Waals surface area (Å²) in [6.07, 6.45) is 0. The van der Waals surface area contributed by atoms with E-state index in [1.165, 1.54) is 0 Å². The van der Waals surface area contributed by atoms with Crippen molar-refractivity contribution in [3.8, 4) is 0 Å². The molecule has 12 nitrogen and oxygen atoms in total. The van der Waals surface area contributed by atoms with Crippen molar-refractivity contribution in [2.24, 2.45) is 11.5 Å². The molecule has 143 valence electrons. The molecule has 9 N–H and O–H groups in total. The standard InChI is InChI=1S/C2H8N2.4C2H4O2.Fe.2H2O/c3-1-2-4;4*1-2(3)4;;;/h1-4H2;4*1H3,(H,3,4);;2*1H2/q;;;;;+3;;/p-3. The number of carboxylic acids is 4. The summed E-state index contributed by atoms with van der Waals surface area (Å²) in [7, 11) is 0. The molecule has 0 aromatic heterocycles. The van der Waals surface area contributed by atoms with E-state index in [0.717, 1.165) is 27.7 Å². The van der Waals surface area contributed by atoms with Crippen LogP contribution >= 0.6 is 0 Å². The van der Waals surface area contributed by atoms with E-state index >= 15 is 0 Å². The van der Waals surface area contributed by atoms with Gasteiger partial charge in [-0.05, 0) is 20.8 Å². The van der Waals surface area contributed by atoms with Crippen LogP contribution in [0.4, 0.5) is 0 Å². The number of carboxylic acid groups (broad SMARTS) is 4. The Labute approximate surface area is 144 Å². The van der Waals surface area contributed by atoms with Gasteiger partial charge < -0.3 is 57.2 Å². The Morgan fingerprint density at radius 3 is 0.783 bits per heavy atom. The topological polar surface area (TPSA) is 273 Å². The van der Waals surface area contributed by atoms with E-state index in [-0.39, 0.29) is 28.0 Å². The van der Waals surface area contributed by atoms with E-state index < -0.39 is 23.9 Å². The molecule has 0 aromatic carbocycles. The SMILES string of the molecule is CC(=O)O.CC(=O)[O-].CC(=O)[O-].CC(=O)[O-].NCCN.O.O.[Fe+3]. The predicted molar refractivity (Wildman–Crippen MR) is 70.7 cm³/mol. The zero-order valence-corrected chi connectivity index (χ0v) is 14.3. The Kier molecular flexibility index (Phi) is 108. The summed E-state index contributed by atoms with van der Waals surface area (Å²) < 4.78 is 0. The molecule has 0 aromatic rings. The van der Waals surface area contributed by atoms with Gasteiger partial charge in [-0.2, -0.15) is 0 Å². The molecular formula is C10H25FeN2O10. The Morgan fingerprint density at radius 2 is 0.783 bits per heavy atom. The smallest absolute Gasteiger partial charge is 0.550 e. The molecule has 13 heteroatoms. The van der Waals surface area contributed by atoms with Crippen LogP contribution in [0.25, 0.3) is 0 Å². The Balaban J connectivity index is -0.0000000197. The number of aliphatic carboxylic acids is 4. The van der Waals surface area contributed by atoms with Crippen molar-refractivity contribution in [1.82, 2.24) is 0 Å². The van der Waals surface area contributed by atoms with Gasteiger partial charge in [-0.1, -0.05) is 0 Å². The van der Waals surface area contributed by atoms with Crippen LogP contribution in [-0.2, 0) is 36.2 Å². The monoisotopic (exact) mass is 389 g/mol. The largest absolute Gasteiger partial charge is 3.00 e. The number of rotatable bonds is 1. The average molecular weight is 389 g/mol. The molecule has 0 saturated heterocycles. The van der Waals surface area contributed by atoms with Gasteiger partial charge in [0, 0.05) is 37.9 Å². The predicted octanol–water partition coefficient (Wildman–Crippen LogP) is -6.39. The first-order valence-corrected chi connectivity index (χ1v) is 4.97. The molecule has 0 spiro atoms. The Hall–Kier alpha value is -1.76. The number of nitrogens with two attached hydrogens (primary N) is 2. The molecule has 0 aliphatic carbocycles. The zero-order valence-electron chi connectivity index (χ0n) is 13.2. The average Bonchev–Trinajstić information content (AvgIpc) is 2.13. The Morgan fingerprint density at radius 1 is 0.739 bits per heavy atom. The summed E-state index contributed by atoms with van der Waals surface area (Å²) in [6, 6.07) is 0. The van der Waals surface area contributed by atoms with Gasteiger partial charge in [0.15, 0.2) is 0 Å². The molecule has 0 bridgehead atoms. The van der Waals surface area contributed by atoms with Crippen molar-refractivity contribution < 1.29 is 67.6 Å². The number of hydrogen-bond acceptors (Lipinski definition) is 9. The molecule has 0 rings (SSSR count). The van der Waals surface area contributed by atoms with E-state index in [1.807, 2.05) is 0 Å². The van der Waals surface area contributed by atoms with E-state index in [1.54, 1.807) is 0 Å². The molecule has 0 heterocycles. The second kappa shape index (κ2) is 50.0. The van der Waals surface area contributed by atoms with E-state index in [0.29, 0.717) is 13.1 Å². The molecule has 23 heavy (non-hydrogen) atoms. The molecule has 1 radical (unpaired) electrons. The number of hydrogen-bond donors (Lipinski definition) is 3. The molecule has 0 aliphatic rings. The van der Waals surface area contributed by atoms with Crippen molar-refractivity contribution >= 4 is 23.9 Å². The maximum atomic E-state index is 9.00. The third kappa shape index (κ3) is 11600. The first-order valence-electron chi connectivity index (χ1n) is 4.97. The third-order valence-electron chi connectivity index (χ3n) is 0.167. The fourth-order valence-corrected chi connectivity index (χ4v) is 0. The molecule has 0 unspecified atom stereocenters. The van der Waals surface area contributed by atoms with Crippen LogP contribution in [0.3, 0.4) is 0 Å². The summed E-state index contributed by atoms with van der Waals surface area (Å²) >= 11 is 0. The molecule has 0 atom stereocenters. The summed E-state index contributed by atoms with van der Waals surface area (Å²) in [5.41, 5.74) is 9.81. The van der Waals surface area contributed by atoms with Crippen LogP contribution < -0.4 is 26.8 Å². The maximum Gasteiger partial charge on any atom is 3.00 e. The van der Waals surface area contributed by atoms with E-state index in [2.05, 4.69) is 0 Å². The van der Waals surface area contributed by atoms with Gasteiger partial charge in [0.2, 0.25) is 0 Å². The van der Waals surface area contributed by atoms with Gasteiger partial charge in [0.1, 0.15) is 0 Å². The van der Waals surface area contributed by atoms with Crippen LogP contribution in [0.15, 0.2) is 0 Å². The summed E-state index contributed by atoms with van der Waals surface area (Å²) in [4.78, 5) is 35.7. The first-order chi connectivity index (χ1) is 8.84. The second-order valence-corrected chi connectivity index (χ2v) is 2.57. The van der Waals surface area contributed by atoms with Crippen LogP contribution in [0.5, 0.6) is 0 Å². The number of carbonyl (C=O) groups is 4. The van der Waals surface area contributed by atoms with Crippen molar-refractivity contribution in [2.45, 2.75) is 27.7 Å². The third-order valence-corrected chi connectivity index (χ3v) is 0.167. The first kappa shape index (κ1) is 49.6. The van der Waals surface area contributed by atoms with Gasteiger partial charge in [-0.3, -0.25) is 4.79 Å². The zero-order chi connectivity index (χ0) is 17.7. The molecular weight excluding hydrogens is 364 g/mol. The fraction of sp³-hybridized carbons (Fsp3) is 0.600. The van der Waals surface area contributed by atoms with Gasteiger partial charge in [0.25, 0.3) is 5.97 Å². The van der Waals surface area contributed by atoms with Crippen molar-refractivity contribution in [3.63, 3.8) is 0 Å². The van der Waals surface area contributed by atoms with Crippen molar-refractivity contribution in [1.29, 1.82) is 0 Å². The Bertz CT molecular complexity index is 198. The maximum absolute atomic E-state index is 9.00. The van der Waals surface area contributed by atoms with Crippen LogP contribution in [-0.4, -0.2) is 53.0 Å². The van der Waals surface area contributed by atoms with Crippen molar-refractivity contribution in [3.05, 3.63) is 0 Å². The summed E-state index contributed by atoms with van der Waals surface area (Å²) in [5, 5.41) is 34.1. The second-order valence-electron chi connectivity index (χ2n) is 2.57. The molecule has 0 saturated carbocycles.